The molecular weight excluding hydrogens is 388 g/mol. The van der Waals surface area contributed by atoms with E-state index in [9.17, 15) is 8.42 Å². The van der Waals surface area contributed by atoms with Gasteiger partial charge in [0.05, 0.1) is 10.6 Å². The fourth-order valence-corrected chi connectivity index (χ4v) is 4.82. The van der Waals surface area contributed by atoms with E-state index in [1.54, 1.807) is 41.7 Å². The van der Waals surface area contributed by atoms with Gasteiger partial charge in [0.1, 0.15) is 5.01 Å². The number of aromatic nitrogens is 1. The highest BCUT2D eigenvalue weighted by Gasteiger charge is 2.14. The topological polar surface area (TPSA) is 59.1 Å². The molecule has 0 aliphatic carbocycles. The molecule has 28 heavy (non-hydrogen) atoms. The first kappa shape index (κ1) is 18.4. The van der Waals surface area contributed by atoms with E-state index in [1.165, 1.54) is 0 Å². The average molecular weight is 407 g/mol. The Morgan fingerprint density at radius 1 is 0.857 bits per heavy atom. The van der Waals surface area contributed by atoms with Crippen LogP contribution < -0.4 is 4.72 Å². The molecule has 1 heterocycles. The molecule has 0 saturated carbocycles. The van der Waals surface area contributed by atoms with Crippen molar-refractivity contribution < 1.29 is 8.42 Å². The number of aryl methyl sites for hydroxylation is 1. The summed E-state index contributed by atoms with van der Waals surface area (Å²) in [4.78, 5) is 4.95. The molecular formula is C22H18N2O2S2. The molecule has 0 saturated heterocycles. The van der Waals surface area contributed by atoms with Gasteiger partial charge in [-0.1, -0.05) is 54.6 Å². The molecule has 3 aromatic carbocycles. The van der Waals surface area contributed by atoms with Crippen LogP contribution in [0.2, 0.25) is 0 Å². The Bertz CT molecular complexity index is 1200. The molecule has 0 fully saturated rings. The molecule has 6 heteroatoms. The largest absolute Gasteiger partial charge is 0.280 e. The maximum Gasteiger partial charge on any atom is 0.261 e. The molecule has 4 rings (SSSR count). The highest BCUT2D eigenvalue weighted by atomic mass is 32.2. The van der Waals surface area contributed by atoms with Crippen LogP contribution in [0.5, 0.6) is 0 Å². The van der Waals surface area contributed by atoms with E-state index in [0.717, 1.165) is 27.4 Å². The third-order valence-corrected chi connectivity index (χ3v) is 6.53. The highest BCUT2D eigenvalue weighted by Crippen LogP contribution is 2.29. The summed E-state index contributed by atoms with van der Waals surface area (Å²) in [7, 11) is -3.61. The van der Waals surface area contributed by atoms with Crippen LogP contribution in [0.25, 0.3) is 21.8 Å². The highest BCUT2D eigenvalue weighted by molar-refractivity contribution is 7.92. The van der Waals surface area contributed by atoms with Gasteiger partial charge in [-0.15, -0.1) is 11.3 Å². The summed E-state index contributed by atoms with van der Waals surface area (Å²) in [6.07, 6.45) is 0. The molecule has 1 aromatic heterocycles. The normalized spacial score (nSPS) is 11.3. The third kappa shape index (κ3) is 3.98. The monoisotopic (exact) mass is 406 g/mol. The van der Waals surface area contributed by atoms with Crippen molar-refractivity contribution in [2.24, 2.45) is 0 Å². The van der Waals surface area contributed by atoms with Crippen LogP contribution in [-0.4, -0.2) is 13.4 Å². The van der Waals surface area contributed by atoms with Crippen LogP contribution in [0, 0.1) is 6.92 Å². The molecule has 4 nitrogen and oxygen atoms in total. The fourth-order valence-electron chi connectivity index (χ4n) is 2.83. The van der Waals surface area contributed by atoms with Gasteiger partial charge >= 0.3 is 0 Å². The van der Waals surface area contributed by atoms with Crippen LogP contribution in [0.4, 0.5) is 5.69 Å². The van der Waals surface area contributed by atoms with Crippen molar-refractivity contribution in [3.05, 3.63) is 89.8 Å². The number of nitrogens with one attached hydrogen (secondary N) is 1. The van der Waals surface area contributed by atoms with E-state index in [0.29, 0.717) is 5.69 Å². The summed E-state index contributed by atoms with van der Waals surface area (Å²) < 4.78 is 27.7. The first-order chi connectivity index (χ1) is 13.5. The maximum atomic E-state index is 12.5. The summed E-state index contributed by atoms with van der Waals surface area (Å²) in [6.45, 7) is 1.87. The lowest BCUT2D eigenvalue weighted by molar-refractivity contribution is 0.601. The first-order valence-electron chi connectivity index (χ1n) is 8.72. The first-order valence-corrected chi connectivity index (χ1v) is 11.1. The predicted molar refractivity (Wildman–Crippen MR) is 115 cm³/mol. The van der Waals surface area contributed by atoms with Gasteiger partial charge in [-0.2, -0.15) is 0 Å². The van der Waals surface area contributed by atoms with Gasteiger partial charge in [-0.05, 0) is 36.8 Å². The molecule has 0 unspecified atom stereocenters. The molecule has 0 atom stereocenters. The van der Waals surface area contributed by atoms with E-state index in [4.69, 9.17) is 4.98 Å². The Labute approximate surface area is 168 Å². The number of sulfonamides is 1. The van der Waals surface area contributed by atoms with Crippen molar-refractivity contribution in [1.82, 2.24) is 4.98 Å². The molecule has 4 aromatic rings. The standard InChI is InChI=1S/C22H18N2O2S2/c1-16-6-5-9-20(14-16)28(25,26)24-19-12-10-17(11-13-19)21-15-27-22(23-21)18-7-3-2-4-8-18/h2-15,24H,1H3. The van der Waals surface area contributed by atoms with Crippen molar-refractivity contribution in [1.29, 1.82) is 0 Å². The Kier molecular flexibility index (Phi) is 4.98. The van der Waals surface area contributed by atoms with Crippen molar-refractivity contribution >= 4 is 27.0 Å². The van der Waals surface area contributed by atoms with Gasteiger partial charge in [-0.3, -0.25) is 4.72 Å². The average Bonchev–Trinajstić information content (AvgIpc) is 3.19. The van der Waals surface area contributed by atoms with Gasteiger partial charge < -0.3 is 0 Å². The lowest BCUT2D eigenvalue weighted by Crippen LogP contribution is -2.12. The minimum Gasteiger partial charge on any atom is -0.280 e. The van der Waals surface area contributed by atoms with Crippen LogP contribution in [0.1, 0.15) is 5.56 Å². The van der Waals surface area contributed by atoms with Crippen molar-refractivity contribution in [3.8, 4) is 21.8 Å². The van der Waals surface area contributed by atoms with Crippen LogP contribution in [-0.2, 0) is 10.0 Å². The zero-order valence-corrected chi connectivity index (χ0v) is 16.8. The lowest BCUT2D eigenvalue weighted by Gasteiger charge is -2.09. The van der Waals surface area contributed by atoms with Crippen LogP contribution >= 0.6 is 11.3 Å². The molecule has 140 valence electrons. The lowest BCUT2D eigenvalue weighted by atomic mass is 10.1. The number of hydrogen-bond donors (Lipinski definition) is 1. The fraction of sp³-hybridized carbons (Fsp3) is 0.0455. The Balaban J connectivity index is 1.54. The van der Waals surface area contributed by atoms with E-state index in [-0.39, 0.29) is 4.90 Å². The van der Waals surface area contributed by atoms with Crippen molar-refractivity contribution in [3.63, 3.8) is 0 Å². The molecule has 0 radical (unpaired) electrons. The second-order valence-electron chi connectivity index (χ2n) is 6.40. The van der Waals surface area contributed by atoms with Gasteiger partial charge in [0, 0.05) is 22.2 Å². The zero-order valence-electron chi connectivity index (χ0n) is 15.2. The van der Waals surface area contributed by atoms with Crippen molar-refractivity contribution in [2.45, 2.75) is 11.8 Å². The molecule has 0 bridgehead atoms. The Morgan fingerprint density at radius 2 is 1.61 bits per heavy atom. The van der Waals surface area contributed by atoms with Crippen molar-refractivity contribution in [2.75, 3.05) is 4.72 Å². The SMILES string of the molecule is Cc1cccc(S(=O)(=O)Nc2ccc(-c3csc(-c4ccccc4)n3)cc2)c1. The minimum absolute atomic E-state index is 0.253. The molecule has 0 aliphatic rings. The third-order valence-electron chi connectivity index (χ3n) is 4.26. The summed E-state index contributed by atoms with van der Waals surface area (Å²) in [5, 5.41) is 2.97. The summed E-state index contributed by atoms with van der Waals surface area (Å²) in [5.74, 6) is 0. The van der Waals surface area contributed by atoms with Gasteiger partial charge in [0.15, 0.2) is 0 Å². The van der Waals surface area contributed by atoms with E-state index >= 15 is 0 Å². The van der Waals surface area contributed by atoms with E-state index in [1.807, 2.05) is 60.8 Å². The molecule has 1 N–H and O–H groups in total. The van der Waals surface area contributed by atoms with E-state index < -0.39 is 10.0 Å². The summed E-state index contributed by atoms with van der Waals surface area (Å²) in [5.41, 5.74) is 4.31. The number of rotatable bonds is 5. The number of benzene rings is 3. The van der Waals surface area contributed by atoms with Crippen LogP contribution in [0.3, 0.4) is 0 Å². The second kappa shape index (κ2) is 7.58. The smallest absolute Gasteiger partial charge is 0.261 e. The maximum absolute atomic E-state index is 12.5. The summed E-state index contributed by atoms with van der Waals surface area (Å²) in [6, 6.07) is 24.1. The molecule has 0 spiro atoms. The number of anilines is 1. The second-order valence-corrected chi connectivity index (χ2v) is 8.94. The Morgan fingerprint density at radius 3 is 2.32 bits per heavy atom. The van der Waals surface area contributed by atoms with Gasteiger partial charge in [0.2, 0.25) is 0 Å². The minimum atomic E-state index is -3.61. The number of hydrogen-bond acceptors (Lipinski definition) is 4. The summed E-state index contributed by atoms with van der Waals surface area (Å²) >= 11 is 1.59. The van der Waals surface area contributed by atoms with Gasteiger partial charge in [0.25, 0.3) is 10.0 Å². The number of nitrogens with zero attached hydrogens (tertiary/aromatic N) is 1. The predicted octanol–water partition coefficient (Wildman–Crippen LogP) is 5.59. The van der Waals surface area contributed by atoms with Gasteiger partial charge in [-0.25, -0.2) is 13.4 Å². The molecule has 0 amide bonds. The molecule has 0 aliphatic heterocycles. The quantitative estimate of drug-likeness (QED) is 0.470. The Hall–Kier alpha value is -2.96. The zero-order chi connectivity index (χ0) is 19.6. The van der Waals surface area contributed by atoms with E-state index in [2.05, 4.69) is 4.72 Å². The number of thiazole rings is 1. The van der Waals surface area contributed by atoms with Crippen LogP contribution in [0.15, 0.2) is 89.1 Å².